The van der Waals surface area contributed by atoms with Crippen LogP contribution < -0.4 is 5.73 Å². The predicted molar refractivity (Wildman–Crippen MR) is 64.0 cm³/mol. The summed E-state index contributed by atoms with van der Waals surface area (Å²) >= 11 is 0. The van der Waals surface area contributed by atoms with Crippen LogP contribution in [-0.2, 0) is 17.6 Å². The number of amides is 1. The molecule has 0 aromatic heterocycles. The molecule has 0 saturated carbocycles. The normalized spacial score (nSPS) is 14.9. The number of nitrogens with zero attached hydrogens (tertiary/aromatic N) is 1. The molecular weight excluding hydrogens is 200 g/mol. The maximum atomic E-state index is 12.1. The fourth-order valence-electron chi connectivity index (χ4n) is 2.35. The van der Waals surface area contributed by atoms with Gasteiger partial charge in [0.1, 0.15) is 0 Å². The minimum atomic E-state index is 0.119. The highest BCUT2D eigenvalue weighted by Gasteiger charge is 2.28. The molecule has 16 heavy (non-hydrogen) atoms. The molecule has 2 N–H and O–H groups in total. The van der Waals surface area contributed by atoms with E-state index in [-0.39, 0.29) is 11.8 Å². The van der Waals surface area contributed by atoms with Crippen LogP contribution in [0.3, 0.4) is 0 Å². The number of carbonyl (C=O) groups is 1. The van der Waals surface area contributed by atoms with Gasteiger partial charge in [-0.3, -0.25) is 4.79 Å². The van der Waals surface area contributed by atoms with Crippen LogP contribution in [0.5, 0.6) is 0 Å². The van der Waals surface area contributed by atoms with Crippen LogP contribution in [0.4, 0.5) is 0 Å². The van der Waals surface area contributed by atoms with E-state index in [2.05, 4.69) is 12.1 Å². The first kappa shape index (κ1) is 11.1. The summed E-state index contributed by atoms with van der Waals surface area (Å²) in [6.45, 7) is 1.17. The second-order valence-corrected chi connectivity index (χ2v) is 4.42. The Hall–Kier alpha value is -1.35. The molecule has 0 bridgehead atoms. The lowest BCUT2D eigenvalue weighted by molar-refractivity contribution is -0.133. The van der Waals surface area contributed by atoms with Gasteiger partial charge in [0.25, 0.3) is 0 Å². The fraction of sp³-hybridized carbons (Fsp3) is 0.462. The molecule has 1 aromatic carbocycles. The van der Waals surface area contributed by atoms with Gasteiger partial charge in [0.15, 0.2) is 0 Å². The van der Waals surface area contributed by atoms with Crippen LogP contribution in [0.25, 0.3) is 0 Å². The highest BCUT2D eigenvalue weighted by Crippen LogP contribution is 2.27. The van der Waals surface area contributed by atoms with Crippen molar-refractivity contribution in [3.05, 3.63) is 35.4 Å². The quantitative estimate of drug-likeness (QED) is 0.816. The topological polar surface area (TPSA) is 46.3 Å². The Bertz CT molecular complexity index is 364. The van der Waals surface area contributed by atoms with E-state index in [1.165, 1.54) is 11.1 Å². The molecule has 1 amide bonds. The first-order chi connectivity index (χ1) is 7.72. The van der Waals surface area contributed by atoms with Crippen LogP contribution in [0.2, 0.25) is 0 Å². The molecule has 1 aliphatic rings. The molecule has 3 heteroatoms. The Morgan fingerprint density at radius 2 is 1.94 bits per heavy atom. The zero-order chi connectivity index (χ0) is 11.5. The molecule has 0 spiro atoms. The van der Waals surface area contributed by atoms with Crippen LogP contribution >= 0.6 is 0 Å². The summed E-state index contributed by atoms with van der Waals surface area (Å²) in [6.07, 6.45) is 1.76. The largest absolute Gasteiger partial charge is 0.344 e. The van der Waals surface area contributed by atoms with Crippen molar-refractivity contribution in [3.63, 3.8) is 0 Å². The van der Waals surface area contributed by atoms with E-state index in [4.69, 9.17) is 5.73 Å². The molecular formula is C13H18N2O. The molecule has 3 nitrogen and oxygen atoms in total. The van der Waals surface area contributed by atoms with Crippen molar-refractivity contribution in [3.8, 4) is 0 Å². The summed E-state index contributed by atoms with van der Waals surface area (Å²) in [6, 6.07) is 8.31. The lowest BCUT2D eigenvalue weighted by Gasteiger charge is -2.19. The summed E-state index contributed by atoms with van der Waals surface area (Å²) < 4.78 is 0. The van der Waals surface area contributed by atoms with E-state index in [1.807, 2.05) is 19.2 Å². The number of hydrogen-bond donors (Lipinski definition) is 1. The Morgan fingerprint density at radius 1 is 1.38 bits per heavy atom. The van der Waals surface area contributed by atoms with E-state index >= 15 is 0 Å². The molecule has 0 aliphatic heterocycles. The van der Waals surface area contributed by atoms with Gasteiger partial charge in [-0.1, -0.05) is 24.3 Å². The molecule has 0 atom stereocenters. The van der Waals surface area contributed by atoms with E-state index < -0.39 is 0 Å². The SMILES string of the molecule is CN(CCN)C(=O)C1Cc2ccccc2C1. The monoisotopic (exact) mass is 218 g/mol. The first-order valence-electron chi connectivity index (χ1n) is 5.74. The van der Waals surface area contributed by atoms with Gasteiger partial charge in [0, 0.05) is 26.1 Å². The third-order valence-corrected chi connectivity index (χ3v) is 3.24. The Balaban J connectivity index is 2.03. The third-order valence-electron chi connectivity index (χ3n) is 3.24. The van der Waals surface area contributed by atoms with Gasteiger partial charge < -0.3 is 10.6 Å². The van der Waals surface area contributed by atoms with E-state index in [0.717, 1.165) is 12.8 Å². The Labute approximate surface area is 96.2 Å². The number of fused-ring (bicyclic) bond motifs is 1. The van der Waals surface area contributed by atoms with Gasteiger partial charge in [-0.15, -0.1) is 0 Å². The van der Waals surface area contributed by atoms with Crippen molar-refractivity contribution in [1.82, 2.24) is 4.90 Å². The average molecular weight is 218 g/mol. The number of likely N-dealkylation sites (N-methyl/N-ethyl adjacent to an activating group) is 1. The van der Waals surface area contributed by atoms with Crippen LogP contribution in [0.15, 0.2) is 24.3 Å². The van der Waals surface area contributed by atoms with Crippen LogP contribution in [0.1, 0.15) is 11.1 Å². The van der Waals surface area contributed by atoms with Crippen molar-refractivity contribution in [2.45, 2.75) is 12.8 Å². The zero-order valence-electron chi connectivity index (χ0n) is 9.65. The molecule has 1 aliphatic carbocycles. The molecule has 1 aromatic rings. The van der Waals surface area contributed by atoms with Gasteiger partial charge in [-0.2, -0.15) is 0 Å². The molecule has 86 valence electrons. The van der Waals surface area contributed by atoms with E-state index in [9.17, 15) is 4.79 Å². The zero-order valence-corrected chi connectivity index (χ0v) is 9.65. The number of rotatable bonds is 3. The van der Waals surface area contributed by atoms with Gasteiger partial charge in [-0.05, 0) is 24.0 Å². The summed E-state index contributed by atoms with van der Waals surface area (Å²) in [5, 5.41) is 0. The molecule has 0 heterocycles. The van der Waals surface area contributed by atoms with Gasteiger partial charge >= 0.3 is 0 Å². The molecule has 0 unspecified atom stereocenters. The lowest BCUT2D eigenvalue weighted by Crippen LogP contribution is -2.36. The summed E-state index contributed by atoms with van der Waals surface area (Å²) in [4.78, 5) is 13.8. The van der Waals surface area contributed by atoms with E-state index in [1.54, 1.807) is 4.90 Å². The summed E-state index contributed by atoms with van der Waals surface area (Å²) in [7, 11) is 1.83. The van der Waals surface area contributed by atoms with Crippen molar-refractivity contribution >= 4 is 5.91 Å². The molecule has 0 radical (unpaired) electrons. The minimum Gasteiger partial charge on any atom is -0.344 e. The average Bonchev–Trinajstić information content (AvgIpc) is 2.71. The third kappa shape index (κ3) is 2.09. The number of carbonyl (C=O) groups excluding carboxylic acids is 1. The lowest BCUT2D eigenvalue weighted by atomic mass is 10.1. The maximum Gasteiger partial charge on any atom is 0.226 e. The second-order valence-electron chi connectivity index (χ2n) is 4.42. The molecule has 0 saturated heterocycles. The van der Waals surface area contributed by atoms with Crippen molar-refractivity contribution in [2.75, 3.05) is 20.1 Å². The standard InChI is InChI=1S/C13H18N2O/c1-15(7-6-14)13(16)12-8-10-4-2-3-5-11(10)9-12/h2-5,12H,6-9,14H2,1H3. The molecule has 2 rings (SSSR count). The van der Waals surface area contributed by atoms with Gasteiger partial charge in [0.2, 0.25) is 5.91 Å². The number of benzene rings is 1. The summed E-state index contributed by atoms with van der Waals surface area (Å²) in [5.41, 5.74) is 8.10. The highest BCUT2D eigenvalue weighted by atomic mass is 16.2. The Kier molecular flexibility index (Phi) is 3.25. The number of hydrogen-bond acceptors (Lipinski definition) is 2. The number of nitrogens with two attached hydrogens (primary N) is 1. The van der Waals surface area contributed by atoms with Crippen LogP contribution in [-0.4, -0.2) is 30.9 Å². The molecule has 0 fully saturated rings. The fourth-order valence-corrected chi connectivity index (χ4v) is 2.35. The maximum absolute atomic E-state index is 12.1. The van der Waals surface area contributed by atoms with Crippen molar-refractivity contribution in [1.29, 1.82) is 0 Å². The van der Waals surface area contributed by atoms with Crippen molar-refractivity contribution in [2.24, 2.45) is 11.7 Å². The predicted octanol–water partition coefficient (Wildman–Crippen LogP) is 0.818. The highest BCUT2D eigenvalue weighted by molar-refractivity contribution is 5.80. The smallest absolute Gasteiger partial charge is 0.226 e. The minimum absolute atomic E-state index is 0.119. The van der Waals surface area contributed by atoms with Crippen molar-refractivity contribution < 1.29 is 4.79 Å². The van der Waals surface area contributed by atoms with Gasteiger partial charge in [0.05, 0.1) is 0 Å². The van der Waals surface area contributed by atoms with Crippen LogP contribution in [0, 0.1) is 5.92 Å². The van der Waals surface area contributed by atoms with Gasteiger partial charge in [-0.25, -0.2) is 0 Å². The summed E-state index contributed by atoms with van der Waals surface area (Å²) in [5.74, 6) is 0.343. The van der Waals surface area contributed by atoms with E-state index in [0.29, 0.717) is 13.1 Å². The second kappa shape index (κ2) is 4.66. The Morgan fingerprint density at radius 3 is 2.44 bits per heavy atom. The first-order valence-corrected chi connectivity index (χ1v) is 5.74.